The van der Waals surface area contributed by atoms with E-state index in [2.05, 4.69) is 26.0 Å². The fourth-order valence-electron chi connectivity index (χ4n) is 2.68. The van der Waals surface area contributed by atoms with Crippen molar-refractivity contribution < 1.29 is 33.3 Å². The third-order valence-corrected chi connectivity index (χ3v) is 4.47. The van der Waals surface area contributed by atoms with Gasteiger partial charge in [0.05, 0.1) is 27.4 Å². The van der Waals surface area contributed by atoms with Gasteiger partial charge in [-0.1, -0.05) is 15.9 Å². The highest BCUT2D eigenvalue weighted by atomic mass is 79.9. The smallest absolute Gasteiger partial charge is 0.406 e. The van der Waals surface area contributed by atoms with Gasteiger partial charge in [-0.3, -0.25) is 9.59 Å². The molecule has 0 saturated heterocycles. The molecule has 0 spiro atoms. The Morgan fingerprint density at radius 3 is 2.18 bits per heavy atom. The molecule has 0 aromatic heterocycles. The third-order valence-electron chi connectivity index (χ3n) is 3.97. The normalized spacial score (nSPS) is 11.5. The molecule has 0 heterocycles. The molecule has 0 fully saturated rings. The summed E-state index contributed by atoms with van der Waals surface area (Å²) in [6, 6.07) is 5.38. The van der Waals surface area contributed by atoms with Gasteiger partial charge < -0.3 is 24.3 Å². The molecular weight excluding hydrogens is 434 g/mol. The Morgan fingerprint density at radius 1 is 1.07 bits per heavy atom. The maximum atomic E-state index is 12.4. The van der Waals surface area contributed by atoms with Crippen molar-refractivity contribution in [3.8, 4) is 5.75 Å². The Hall–Kier alpha value is -2.29. The fraction of sp³-hybridized carbons (Fsp3) is 0.526. The van der Waals surface area contributed by atoms with Gasteiger partial charge in [0, 0.05) is 22.5 Å². The quantitative estimate of drug-likeness (QED) is 0.326. The zero-order chi connectivity index (χ0) is 21.1. The van der Waals surface area contributed by atoms with Crippen LogP contribution in [-0.4, -0.2) is 52.0 Å². The van der Waals surface area contributed by atoms with Gasteiger partial charge in [-0.05, 0) is 38.5 Å². The number of halogens is 1. The maximum Gasteiger partial charge on any atom is 0.406 e. The molecule has 0 aliphatic heterocycles. The summed E-state index contributed by atoms with van der Waals surface area (Å²) in [5, 5.41) is 2.61. The van der Waals surface area contributed by atoms with E-state index in [0.29, 0.717) is 11.3 Å². The van der Waals surface area contributed by atoms with Crippen LogP contribution in [0.1, 0.15) is 31.7 Å². The van der Waals surface area contributed by atoms with Gasteiger partial charge in [0.15, 0.2) is 5.92 Å². The van der Waals surface area contributed by atoms with E-state index in [4.69, 9.17) is 14.2 Å². The molecule has 1 unspecified atom stereocenters. The van der Waals surface area contributed by atoms with Crippen LogP contribution in [0.25, 0.3) is 0 Å². The highest BCUT2D eigenvalue weighted by molar-refractivity contribution is 9.10. The summed E-state index contributed by atoms with van der Waals surface area (Å²) in [5.74, 6) is -2.35. The molecule has 1 rings (SSSR count). The molecule has 0 aliphatic carbocycles. The molecule has 1 aromatic carbocycles. The number of amides is 1. The van der Waals surface area contributed by atoms with Crippen LogP contribution in [0.4, 0.5) is 4.79 Å². The van der Waals surface area contributed by atoms with E-state index >= 15 is 0 Å². The number of rotatable bonds is 10. The SMILES string of the molecule is CCOC(=O)C(CC(CNC(=O)OC)c1cc(Br)ccc1OC)C(=O)OCC. The highest BCUT2D eigenvalue weighted by Crippen LogP contribution is 2.34. The van der Waals surface area contributed by atoms with Gasteiger partial charge in [-0.25, -0.2) is 4.79 Å². The number of alkyl carbamates (subject to hydrolysis) is 1. The minimum Gasteiger partial charge on any atom is -0.496 e. The molecule has 0 bridgehead atoms. The van der Waals surface area contributed by atoms with Gasteiger partial charge in [-0.15, -0.1) is 0 Å². The monoisotopic (exact) mass is 459 g/mol. The Morgan fingerprint density at radius 2 is 1.68 bits per heavy atom. The number of hydrogen-bond acceptors (Lipinski definition) is 7. The van der Waals surface area contributed by atoms with Crippen LogP contribution in [0.2, 0.25) is 0 Å². The number of esters is 2. The average Bonchev–Trinajstić information content (AvgIpc) is 2.68. The van der Waals surface area contributed by atoms with Crippen molar-refractivity contribution in [2.75, 3.05) is 34.0 Å². The molecule has 28 heavy (non-hydrogen) atoms. The van der Waals surface area contributed by atoms with Gasteiger partial charge >= 0.3 is 18.0 Å². The lowest BCUT2D eigenvalue weighted by atomic mass is 9.88. The van der Waals surface area contributed by atoms with E-state index in [0.717, 1.165) is 4.47 Å². The van der Waals surface area contributed by atoms with Crippen LogP contribution >= 0.6 is 15.9 Å². The number of hydrogen-bond donors (Lipinski definition) is 1. The van der Waals surface area contributed by atoms with Gasteiger partial charge in [0.2, 0.25) is 0 Å². The third kappa shape index (κ3) is 7.03. The van der Waals surface area contributed by atoms with E-state index < -0.39 is 29.9 Å². The molecular formula is C19H26BrNO7. The number of methoxy groups -OCH3 is 2. The molecule has 156 valence electrons. The van der Waals surface area contributed by atoms with E-state index in [1.165, 1.54) is 14.2 Å². The summed E-state index contributed by atoms with van der Waals surface area (Å²) in [7, 11) is 2.77. The van der Waals surface area contributed by atoms with E-state index in [-0.39, 0.29) is 26.2 Å². The van der Waals surface area contributed by atoms with Gasteiger partial charge in [0.25, 0.3) is 0 Å². The lowest BCUT2D eigenvalue weighted by molar-refractivity contribution is -0.162. The lowest BCUT2D eigenvalue weighted by Crippen LogP contribution is -2.34. The highest BCUT2D eigenvalue weighted by Gasteiger charge is 2.34. The fourth-order valence-corrected chi connectivity index (χ4v) is 3.06. The second-order valence-electron chi connectivity index (χ2n) is 5.75. The van der Waals surface area contributed by atoms with Crippen molar-refractivity contribution in [3.05, 3.63) is 28.2 Å². The molecule has 0 saturated carbocycles. The molecule has 1 atom stereocenters. The molecule has 9 heteroatoms. The first-order valence-corrected chi connectivity index (χ1v) is 9.65. The van der Waals surface area contributed by atoms with E-state index in [9.17, 15) is 14.4 Å². The first-order chi connectivity index (χ1) is 13.4. The van der Waals surface area contributed by atoms with Crippen LogP contribution < -0.4 is 10.1 Å². The largest absolute Gasteiger partial charge is 0.496 e. The van der Waals surface area contributed by atoms with Crippen molar-refractivity contribution in [2.45, 2.75) is 26.2 Å². The predicted molar refractivity (Wildman–Crippen MR) is 105 cm³/mol. The number of carbonyl (C=O) groups is 3. The van der Waals surface area contributed by atoms with E-state index in [1.807, 2.05) is 6.07 Å². The summed E-state index contributed by atoms with van der Waals surface area (Å²) in [6.07, 6.45) is -0.558. The summed E-state index contributed by atoms with van der Waals surface area (Å²) in [6.45, 7) is 3.72. The Labute approximate surface area is 173 Å². The summed E-state index contributed by atoms with van der Waals surface area (Å²) in [5.41, 5.74) is 0.715. The minimum absolute atomic E-state index is 0.0640. The van der Waals surface area contributed by atoms with Crippen molar-refractivity contribution in [1.82, 2.24) is 5.32 Å². The average molecular weight is 460 g/mol. The zero-order valence-corrected chi connectivity index (χ0v) is 18.0. The zero-order valence-electron chi connectivity index (χ0n) is 16.5. The van der Waals surface area contributed by atoms with Crippen molar-refractivity contribution in [3.63, 3.8) is 0 Å². The second-order valence-corrected chi connectivity index (χ2v) is 6.66. The summed E-state index contributed by atoms with van der Waals surface area (Å²) in [4.78, 5) is 36.3. The van der Waals surface area contributed by atoms with Crippen molar-refractivity contribution >= 4 is 34.0 Å². The second kappa shape index (κ2) is 12.2. The molecule has 1 aromatic rings. The number of carbonyl (C=O) groups excluding carboxylic acids is 3. The molecule has 8 nitrogen and oxygen atoms in total. The van der Waals surface area contributed by atoms with Crippen LogP contribution in [0.5, 0.6) is 5.75 Å². The number of ether oxygens (including phenoxy) is 4. The Kier molecular flexibility index (Phi) is 10.4. The predicted octanol–water partition coefficient (Wildman–Crippen LogP) is 3.03. The molecule has 0 radical (unpaired) electrons. The summed E-state index contributed by atoms with van der Waals surface area (Å²) < 4.78 is 20.9. The Bertz CT molecular complexity index is 662. The summed E-state index contributed by atoms with van der Waals surface area (Å²) >= 11 is 3.41. The first kappa shape index (κ1) is 23.7. The van der Waals surface area contributed by atoms with E-state index in [1.54, 1.807) is 26.0 Å². The molecule has 1 amide bonds. The minimum atomic E-state index is -1.13. The van der Waals surface area contributed by atoms with Crippen LogP contribution in [0.15, 0.2) is 22.7 Å². The van der Waals surface area contributed by atoms with Crippen LogP contribution in [0.3, 0.4) is 0 Å². The number of nitrogens with one attached hydrogen (secondary N) is 1. The standard InChI is InChI=1S/C19H26BrNO7/c1-5-27-17(22)15(18(23)28-6-2)9-12(11-21-19(24)26-4)14-10-13(20)7-8-16(14)25-3/h7-8,10,12,15H,5-6,9,11H2,1-4H3,(H,21,24). The van der Waals surface area contributed by atoms with Crippen molar-refractivity contribution in [1.29, 1.82) is 0 Å². The Balaban J connectivity index is 3.24. The van der Waals surface area contributed by atoms with Gasteiger partial charge in [-0.2, -0.15) is 0 Å². The van der Waals surface area contributed by atoms with Gasteiger partial charge in [0.1, 0.15) is 5.75 Å². The first-order valence-electron chi connectivity index (χ1n) is 8.86. The van der Waals surface area contributed by atoms with Crippen LogP contribution in [-0.2, 0) is 23.8 Å². The maximum absolute atomic E-state index is 12.4. The topological polar surface area (TPSA) is 100 Å². The number of benzene rings is 1. The van der Waals surface area contributed by atoms with Crippen LogP contribution in [0, 0.1) is 5.92 Å². The molecule has 1 N–H and O–H groups in total. The molecule has 0 aliphatic rings. The lowest BCUT2D eigenvalue weighted by Gasteiger charge is -2.24. The van der Waals surface area contributed by atoms with Crippen molar-refractivity contribution in [2.24, 2.45) is 5.92 Å².